The van der Waals surface area contributed by atoms with Crippen LogP contribution in [0, 0.1) is 5.92 Å². The number of alkyl carbamates (subject to hydrolysis) is 1. The first kappa shape index (κ1) is 23.2. The lowest BCUT2D eigenvalue weighted by atomic mass is 10.0. The minimum absolute atomic E-state index is 0.0354. The molecule has 2 rings (SSSR count). The fourth-order valence-electron chi connectivity index (χ4n) is 2.62. The average Bonchev–Trinajstić information content (AvgIpc) is 3.24. The van der Waals surface area contributed by atoms with Crippen molar-refractivity contribution in [1.82, 2.24) is 25.7 Å². The topological polar surface area (TPSA) is 116 Å². The van der Waals surface area contributed by atoms with Crippen molar-refractivity contribution >= 4 is 29.5 Å². The summed E-state index contributed by atoms with van der Waals surface area (Å²) in [5, 5.41) is 3.65. The monoisotopic (exact) mass is 435 g/mol. The molecule has 0 bridgehead atoms. The lowest BCUT2D eigenvalue weighted by molar-refractivity contribution is -0.141. The third-order valence-corrected chi connectivity index (χ3v) is 4.29. The highest BCUT2D eigenvalue weighted by molar-refractivity contribution is 6.27. The second kappa shape index (κ2) is 11.8. The van der Waals surface area contributed by atoms with Crippen LogP contribution >= 0.6 is 11.6 Å². The van der Waals surface area contributed by atoms with Crippen LogP contribution in [0.1, 0.15) is 31.5 Å². The lowest BCUT2D eigenvalue weighted by Crippen LogP contribution is -2.54. The Balaban J connectivity index is 1.99. The van der Waals surface area contributed by atoms with E-state index in [0.717, 1.165) is 10.6 Å². The second-order valence-corrected chi connectivity index (χ2v) is 7.31. The number of aromatic amines is 1. The van der Waals surface area contributed by atoms with Crippen LogP contribution in [0.2, 0.25) is 0 Å². The first-order valence-electron chi connectivity index (χ1n) is 9.50. The molecular formula is C20H26ClN5O4. The number of nitrogens with one attached hydrogen (secondary N) is 3. The number of hydrogen-bond donors (Lipinski definition) is 3. The Kier molecular flexibility index (Phi) is 9.14. The molecule has 2 aromatic rings. The van der Waals surface area contributed by atoms with Gasteiger partial charge in [-0.15, -0.1) is 11.6 Å². The van der Waals surface area contributed by atoms with E-state index in [4.69, 9.17) is 16.3 Å². The SMILES string of the molecule is CC(C)CC(NC(=O)OCc1ccccc1)C(=O)NN(Cc1c[nH]cn1)C(=O)CCl. The Morgan fingerprint density at radius 2 is 1.97 bits per heavy atom. The predicted molar refractivity (Wildman–Crippen MR) is 111 cm³/mol. The Morgan fingerprint density at radius 3 is 2.57 bits per heavy atom. The van der Waals surface area contributed by atoms with E-state index in [-0.39, 0.29) is 24.9 Å². The number of ether oxygens (including phenoxy) is 1. The van der Waals surface area contributed by atoms with Gasteiger partial charge in [0.15, 0.2) is 0 Å². The number of H-pyrrole nitrogens is 1. The molecule has 30 heavy (non-hydrogen) atoms. The zero-order valence-electron chi connectivity index (χ0n) is 16.9. The maximum atomic E-state index is 12.8. The molecule has 1 aromatic heterocycles. The maximum Gasteiger partial charge on any atom is 0.408 e. The highest BCUT2D eigenvalue weighted by Crippen LogP contribution is 2.08. The molecule has 162 valence electrons. The molecule has 0 aliphatic carbocycles. The van der Waals surface area contributed by atoms with Gasteiger partial charge in [-0.1, -0.05) is 44.2 Å². The van der Waals surface area contributed by atoms with Crippen LogP contribution in [-0.4, -0.2) is 44.8 Å². The number of hydrogen-bond acceptors (Lipinski definition) is 5. The second-order valence-electron chi connectivity index (χ2n) is 7.04. The van der Waals surface area contributed by atoms with E-state index in [1.54, 1.807) is 6.20 Å². The zero-order chi connectivity index (χ0) is 21.9. The number of amides is 3. The number of aromatic nitrogens is 2. The van der Waals surface area contributed by atoms with Crippen molar-refractivity contribution in [3.05, 3.63) is 54.1 Å². The van der Waals surface area contributed by atoms with Gasteiger partial charge in [-0.25, -0.2) is 14.8 Å². The summed E-state index contributed by atoms with van der Waals surface area (Å²) < 4.78 is 5.20. The number of halogens is 1. The van der Waals surface area contributed by atoms with E-state index >= 15 is 0 Å². The molecule has 0 radical (unpaired) electrons. The smallest absolute Gasteiger partial charge is 0.408 e. The molecule has 0 aliphatic rings. The fourth-order valence-corrected chi connectivity index (χ4v) is 2.77. The van der Waals surface area contributed by atoms with Crippen LogP contribution in [0.5, 0.6) is 0 Å². The van der Waals surface area contributed by atoms with Gasteiger partial charge in [0.2, 0.25) is 0 Å². The quantitative estimate of drug-likeness (QED) is 0.413. The molecule has 3 N–H and O–H groups in total. The largest absolute Gasteiger partial charge is 0.445 e. The number of carbonyl (C=O) groups is 3. The third-order valence-electron chi connectivity index (χ3n) is 4.06. The van der Waals surface area contributed by atoms with Crippen molar-refractivity contribution in [2.45, 2.75) is 39.5 Å². The van der Waals surface area contributed by atoms with Crippen LogP contribution < -0.4 is 10.7 Å². The van der Waals surface area contributed by atoms with Gasteiger partial charge in [0.1, 0.15) is 18.5 Å². The van der Waals surface area contributed by atoms with Crippen molar-refractivity contribution in [2.24, 2.45) is 5.92 Å². The van der Waals surface area contributed by atoms with E-state index in [1.165, 1.54) is 6.33 Å². The van der Waals surface area contributed by atoms with Crippen molar-refractivity contribution < 1.29 is 19.1 Å². The average molecular weight is 436 g/mol. The molecule has 10 heteroatoms. The van der Waals surface area contributed by atoms with Gasteiger partial charge in [-0.3, -0.25) is 15.0 Å². The zero-order valence-corrected chi connectivity index (χ0v) is 17.7. The summed E-state index contributed by atoms with van der Waals surface area (Å²) in [7, 11) is 0. The summed E-state index contributed by atoms with van der Waals surface area (Å²) in [6, 6.07) is 8.31. The first-order chi connectivity index (χ1) is 14.4. The van der Waals surface area contributed by atoms with Crippen LogP contribution in [0.4, 0.5) is 4.79 Å². The minimum atomic E-state index is -0.891. The minimum Gasteiger partial charge on any atom is -0.445 e. The number of hydrazine groups is 1. The van der Waals surface area contributed by atoms with E-state index < -0.39 is 23.9 Å². The summed E-state index contributed by atoms with van der Waals surface area (Å²) in [6.07, 6.45) is 2.71. The molecule has 0 fully saturated rings. The van der Waals surface area contributed by atoms with E-state index in [2.05, 4.69) is 20.7 Å². The van der Waals surface area contributed by atoms with Crippen molar-refractivity contribution in [2.75, 3.05) is 5.88 Å². The van der Waals surface area contributed by atoms with Crippen LogP contribution in [0.3, 0.4) is 0 Å². The molecule has 0 saturated carbocycles. The Hall–Kier alpha value is -3.07. The van der Waals surface area contributed by atoms with Gasteiger partial charge < -0.3 is 15.0 Å². The molecule has 1 aromatic carbocycles. The molecule has 1 unspecified atom stereocenters. The molecule has 3 amide bonds. The number of carbonyl (C=O) groups excluding carboxylic acids is 3. The standard InChI is InChI=1S/C20H26ClN5O4/c1-14(2)8-17(24-20(29)30-12-15-6-4-3-5-7-15)19(28)25-26(18(27)9-21)11-16-10-22-13-23-16/h3-7,10,13-14,17H,8-9,11-12H2,1-2H3,(H,22,23)(H,24,29)(H,25,28). The highest BCUT2D eigenvalue weighted by atomic mass is 35.5. The fraction of sp³-hybridized carbons (Fsp3) is 0.400. The number of imidazole rings is 1. The van der Waals surface area contributed by atoms with Gasteiger partial charge in [0, 0.05) is 6.20 Å². The Bertz CT molecular complexity index is 814. The number of benzene rings is 1. The summed E-state index contributed by atoms with van der Waals surface area (Å²) in [6.45, 7) is 3.96. The van der Waals surface area contributed by atoms with E-state index in [1.807, 2.05) is 44.2 Å². The van der Waals surface area contributed by atoms with Gasteiger partial charge in [0.25, 0.3) is 11.8 Å². The van der Waals surface area contributed by atoms with Crippen LogP contribution in [-0.2, 0) is 27.5 Å². The van der Waals surface area contributed by atoms with E-state index in [0.29, 0.717) is 12.1 Å². The van der Waals surface area contributed by atoms with Crippen molar-refractivity contribution in [3.63, 3.8) is 0 Å². The number of alkyl halides is 1. The van der Waals surface area contributed by atoms with Gasteiger partial charge in [-0.05, 0) is 17.9 Å². The van der Waals surface area contributed by atoms with Crippen LogP contribution in [0.15, 0.2) is 42.9 Å². The van der Waals surface area contributed by atoms with E-state index in [9.17, 15) is 14.4 Å². The van der Waals surface area contributed by atoms with Gasteiger partial charge >= 0.3 is 6.09 Å². The highest BCUT2D eigenvalue weighted by Gasteiger charge is 2.26. The van der Waals surface area contributed by atoms with Crippen molar-refractivity contribution in [1.29, 1.82) is 0 Å². The Labute approximate surface area is 180 Å². The first-order valence-corrected chi connectivity index (χ1v) is 10.0. The summed E-state index contributed by atoms with van der Waals surface area (Å²) in [5.74, 6) is -1.25. The molecule has 0 spiro atoms. The number of rotatable bonds is 9. The molecular weight excluding hydrogens is 410 g/mol. The summed E-state index contributed by atoms with van der Waals surface area (Å²) in [4.78, 5) is 44.0. The molecule has 1 atom stereocenters. The van der Waals surface area contributed by atoms with Gasteiger partial charge in [0.05, 0.1) is 18.6 Å². The summed E-state index contributed by atoms with van der Waals surface area (Å²) in [5.41, 5.74) is 3.90. The van der Waals surface area contributed by atoms with Crippen molar-refractivity contribution in [3.8, 4) is 0 Å². The summed E-state index contributed by atoms with van der Waals surface area (Å²) >= 11 is 5.66. The lowest BCUT2D eigenvalue weighted by Gasteiger charge is -2.26. The third kappa shape index (κ3) is 7.75. The van der Waals surface area contributed by atoms with Crippen LogP contribution in [0.25, 0.3) is 0 Å². The maximum absolute atomic E-state index is 12.8. The predicted octanol–water partition coefficient (Wildman–Crippen LogP) is 2.35. The molecule has 1 heterocycles. The molecule has 0 saturated heterocycles. The number of nitrogens with zero attached hydrogens (tertiary/aromatic N) is 2. The molecule has 9 nitrogen and oxygen atoms in total. The molecule has 0 aliphatic heterocycles. The normalized spacial score (nSPS) is 11.6. The van der Waals surface area contributed by atoms with Gasteiger partial charge in [-0.2, -0.15) is 0 Å². The Morgan fingerprint density at radius 1 is 1.23 bits per heavy atom.